The molecule has 2 heterocycles. The lowest BCUT2D eigenvalue weighted by Gasteiger charge is -2.22. The van der Waals surface area contributed by atoms with Crippen LogP contribution in [0.15, 0.2) is 39.4 Å². The van der Waals surface area contributed by atoms with Gasteiger partial charge in [-0.15, -0.1) is 21.5 Å². The van der Waals surface area contributed by atoms with E-state index in [1.165, 1.54) is 4.88 Å². The van der Waals surface area contributed by atoms with Gasteiger partial charge in [-0.1, -0.05) is 19.1 Å². The third-order valence-electron chi connectivity index (χ3n) is 3.53. The van der Waals surface area contributed by atoms with Crippen LogP contribution >= 0.6 is 27.3 Å². The van der Waals surface area contributed by atoms with Gasteiger partial charge in [0.1, 0.15) is 12.2 Å². The Balaban J connectivity index is 1.97. The maximum atomic E-state index is 4.67. The molecule has 0 bridgehead atoms. The Morgan fingerprint density at radius 3 is 2.92 bits per heavy atom. The molecular weight excluding hydrogens is 400 g/mol. The highest BCUT2D eigenvalue weighted by atomic mass is 79.9. The first kappa shape index (κ1) is 19.7. The van der Waals surface area contributed by atoms with E-state index < -0.39 is 0 Å². The molecular formula is C17H25BrN6S. The van der Waals surface area contributed by atoms with Crippen LogP contribution in [0.1, 0.15) is 24.5 Å². The molecule has 0 atom stereocenters. The van der Waals surface area contributed by atoms with Crippen LogP contribution in [0.5, 0.6) is 0 Å². The highest BCUT2D eigenvalue weighted by Crippen LogP contribution is 2.22. The predicted molar refractivity (Wildman–Crippen MR) is 108 cm³/mol. The molecule has 0 aliphatic carbocycles. The van der Waals surface area contributed by atoms with Gasteiger partial charge in [0, 0.05) is 31.4 Å². The van der Waals surface area contributed by atoms with Crippen molar-refractivity contribution in [1.82, 2.24) is 25.0 Å². The molecule has 0 saturated carbocycles. The number of aromatic nitrogens is 3. The van der Waals surface area contributed by atoms with Crippen molar-refractivity contribution in [3.8, 4) is 0 Å². The molecule has 2 aromatic rings. The van der Waals surface area contributed by atoms with Gasteiger partial charge in [-0.25, -0.2) is 4.99 Å². The first-order valence-electron chi connectivity index (χ1n) is 8.24. The number of thiophene rings is 1. The molecule has 6 nitrogen and oxygen atoms in total. The average Bonchev–Trinajstić information content (AvgIpc) is 3.18. The summed E-state index contributed by atoms with van der Waals surface area (Å²) in [6, 6.07) is 4.20. The van der Waals surface area contributed by atoms with Crippen LogP contribution in [0.4, 0.5) is 0 Å². The molecule has 8 heteroatoms. The van der Waals surface area contributed by atoms with E-state index in [0.29, 0.717) is 6.54 Å². The molecule has 0 radical (unpaired) electrons. The Morgan fingerprint density at radius 1 is 1.48 bits per heavy atom. The molecule has 0 fully saturated rings. The summed E-state index contributed by atoms with van der Waals surface area (Å²) in [5.41, 5.74) is 1.04. The van der Waals surface area contributed by atoms with Gasteiger partial charge in [0.25, 0.3) is 0 Å². The Kier molecular flexibility index (Phi) is 7.64. The maximum Gasteiger partial charge on any atom is 0.194 e. The highest BCUT2D eigenvalue weighted by Gasteiger charge is 2.09. The number of halogens is 1. The lowest BCUT2D eigenvalue weighted by Crippen LogP contribution is -2.40. The van der Waals surface area contributed by atoms with E-state index in [4.69, 9.17) is 0 Å². The van der Waals surface area contributed by atoms with Crippen LogP contribution in [0, 0.1) is 0 Å². The third kappa shape index (κ3) is 6.28. The molecule has 25 heavy (non-hydrogen) atoms. The van der Waals surface area contributed by atoms with Gasteiger partial charge in [0.05, 0.1) is 16.9 Å². The molecule has 0 aliphatic rings. The molecule has 2 aromatic heterocycles. The molecule has 0 amide bonds. The van der Waals surface area contributed by atoms with Crippen molar-refractivity contribution < 1.29 is 0 Å². The second-order valence-electron chi connectivity index (χ2n) is 5.88. The van der Waals surface area contributed by atoms with Gasteiger partial charge in [-0.05, 0) is 35.0 Å². The summed E-state index contributed by atoms with van der Waals surface area (Å²) in [6.07, 6.45) is 2.65. The van der Waals surface area contributed by atoms with Crippen molar-refractivity contribution in [2.75, 3.05) is 20.1 Å². The van der Waals surface area contributed by atoms with E-state index in [0.717, 1.165) is 47.2 Å². The number of aryl methyl sites for hydroxylation is 1. The first-order chi connectivity index (χ1) is 12.0. The van der Waals surface area contributed by atoms with Crippen molar-refractivity contribution in [2.45, 2.75) is 33.4 Å². The van der Waals surface area contributed by atoms with Crippen LogP contribution in [-0.4, -0.2) is 45.8 Å². The Hall–Kier alpha value is -1.67. The molecule has 0 saturated heterocycles. The van der Waals surface area contributed by atoms with Gasteiger partial charge in [0.2, 0.25) is 0 Å². The minimum atomic E-state index is 0.619. The van der Waals surface area contributed by atoms with Crippen molar-refractivity contribution in [2.24, 2.45) is 4.99 Å². The zero-order chi connectivity index (χ0) is 18.2. The first-order valence-corrected chi connectivity index (χ1v) is 9.85. The fraction of sp³-hybridized carbons (Fsp3) is 0.471. The van der Waals surface area contributed by atoms with Crippen molar-refractivity contribution in [1.29, 1.82) is 0 Å². The number of aliphatic imine (C=N–C) groups is 1. The van der Waals surface area contributed by atoms with Crippen LogP contribution < -0.4 is 5.32 Å². The summed E-state index contributed by atoms with van der Waals surface area (Å²) in [7, 11) is 2.05. The number of rotatable bonds is 8. The lowest BCUT2D eigenvalue weighted by molar-refractivity contribution is 0.475. The van der Waals surface area contributed by atoms with E-state index in [-0.39, 0.29) is 0 Å². The zero-order valence-electron chi connectivity index (χ0n) is 15.0. The van der Waals surface area contributed by atoms with E-state index in [1.54, 1.807) is 17.7 Å². The molecule has 2 rings (SSSR count). The van der Waals surface area contributed by atoms with Gasteiger partial charge in [0.15, 0.2) is 5.96 Å². The molecule has 0 spiro atoms. The van der Waals surface area contributed by atoms with Crippen LogP contribution in [-0.2, 0) is 19.5 Å². The standard InChI is InChI=1S/C17H25BrN6S/c1-5-16-22-21-12-24(16)9-8-19-17(20-10-13(2)3)23(4)11-14-6-7-15(18)25-14/h6-7,12H,2,5,8-11H2,1,3-4H3,(H,19,20). The quantitative estimate of drug-likeness (QED) is 0.401. The number of guanidine groups is 1. The largest absolute Gasteiger partial charge is 0.354 e. The van der Waals surface area contributed by atoms with Crippen molar-refractivity contribution >= 4 is 33.2 Å². The summed E-state index contributed by atoms with van der Waals surface area (Å²) >= 11 is 5.25. The van der Waals surface area contributed by atoms with E-state index in [9.17, 15) is 0 Å². The Bertz CT molecular complexity index is 720. The van der Waals surface area contributed by atoms with Gasteiger partial charge in [-0.2, -0.15) is 0 Å². The topological polar surface area (TPSA) is 58.3 Å². The lowest BCUT2D eigenvalue weighted by atomic mass is 10.3. The second kappa shape index (κ2) is 9.72. The summed E-state index contributed by atoms with van der Waals surface area (Å²) in [5.74, 6) is 1.87. The van der Waals surface area contributed by atoms with E-state index >= 15 is 0 Å². The molecule has 0 unspecified atom stereocenters. The summed E-state index contributed by atoms with van der Waals surface area (Å²) in [5, 5.41) is 11.5. The molecule has 0 aliphatic heterocycles. The van der Waals surface area contributed by atoms with Crippen molar-refractivity contribution in [3.05, 3.63) is 45.1 Å². The van der Waals surface area contributed by atoms with Crippen LogP contribution in [0.3, 0.4) is 0 Å². The fourth-order valence-corrected chi connectivity index (χ4v) is 3.83. The van der Waals surface area contributed by atoms with Gasteiger partial charge < -0.3 is 14.8 Å². The number of nitrogens with zero attached hydrogens (tertiary/aromatic N) is 5. The summed E-state index contributed by atoms with van der Waals surface area (Å²) < 4.78 is 3.21. The van der Waals surface area contributed by atoms with Crippen molar-refractivity contribution in [3.63, 3.8) is 0 Å². The number of hydrogen-bond donors (Lipinski definition) is 1. The summed E-state index contributed by atoms with van der Waals surface area (Å²) in [6.45, 7) is 11.0. The second-order valence-corrected chi connectivity index (χ2v) is 8.43. The minimum Gasteiger partial charge on any atom is -0.354 e. The smallest absolute Gasteiger partial charge is 0.194 e. The number of hydrogen-bond acceptors (Lipinski definition) is 4. The number of nitrogens with one attached hydrogen (secondary N) is 1. The van der Waals surface area contributed by atoms with Gasteiger partial charge >= 0.3 is 0 Å². The maximum absolute atomic E-state index is 4.67. The highest BCUT2D eigenvalue weighted by molar-refractivity contribution is 9.11. The van der Waals surface area contributed by atoms with Gasteiger partial charge in [-0.3, -0.25) is 0 Å². The monoisotopic (exact) mass is 424 g/mol. The molecule has 136 valence electrons. The molecule has 0 aromatic carbocycles. The van der Waals surface area contributed by atoms with E-state index in [1.807, 2.05) is 14.0 Å². The SMILES string of the molecule is C=C(C)CN=C(NCCn1cnnc1CC)N(C)Cc1ccc(Br)s1. The van der Waals surface area contributed by atoms with Crippen LogP contribution in [0.25, 0.3) is 0 Å². The third-order valence-corrected chi connectivity index (χ3v) is 5.14. The predicted octanol–water partition coefficient (Wildman–Crippen LogP) is 3.32. The zero-order valence-corrected chi connectivity index (χ0v) is 17.4. The van der Waals surface area contributed by atoms with E-state index in [2.05, 4.69) is 71.5 Å². The average molecular weight is 425 g/mol. The normalized spacial score (nSPS) is 11.6. The van der Waals surface area contributed by atoms with Crippen LogP contribution in [0.2, 0.25) is 0 Å². The molecule has 1 N–H and O–H groups in total. The fourth-order valence-electron chi connectivity index (χ4n) is 2.29. The Morgan fingerprint density at radius 2 is 2.28 bits per heavy atom. The Labute approximate surface area is 161 Å². The summed E-state index contributed by atoms with van der Waals surface area (Å²) in [4.78, 5) is 8.09. The minimum absolute atomic E-state index is 0.619.